The van der Waals surface area contributed by atoms with Gasteiger partial charge in [-0.25, -0.2) is 0 Å². The van der Waals surface area contributed by atoms with Crippen LogP contribution in [0.4, 0.5) is 5.69 Å². The Bertz CT molecular complexity index is 1220. The van der Waals surface area contributed by atoms with E-state index in [0.29, 0.717) is 27.7 Å². The number of carbonyl (C=O) groups excluding carboxylic acids is 2. The highest BCUT2D eigenvalue weighted by atomic mass is 35.5. The number of aromatic nitrogens is 1. The van der Waals surface area contributed by atoms with E-state index in [-0.39, 0.29) is 0 Å². The highest BCUT2D eigenvalue weighted by molar-refractivity contribution is 6.47. The number of ether oxygens (including phenoxy) is 1. The standard InChI is InChI=1S/C23H17ClN2O3/c1-29-20-11-10-16(24)13-19(20)25-23(28)22(27)21-18(15-7-3-2-4-8-15)14-17-9-5-6-12-26(17)21/h2-14H,1H3,(H,25,28). The fourth-order valence-corrected chi connectivity index (χ4v) is 3.43. The van der Waals surface area contributed by atoms with E-state index in [1.54, 1.807) is 28.8 Å². The SMILES string of the molecule is COc1ccc(Cl)cc1NC(=O)C(=O)c1c(-c2ccccc2)cc2ccccn12. The zero-order valence-corrected chi connectivity index (χ0v) is 16.3. The van der Waals surface area contributed by atoms with Crippen molar-refractivity contribution in [2.75, 3.05) is 12.4 Å². The third-order valence-electron chi connectivity index (χ3n) is 4.60. The van der Waals surface area contributed by atoms with Crippen LogP contribution in [0.3, 0.4) is 0 Å². The molecule has 1 N–H and O–H groups in total. The number of anilines is 1. The number of Topliss-reactive ketones (excluding diaryl/α,β-unsaturated/α-hetero) is 1. The lowest BCUT2D eigenvalue weighted by Gasteiger charge is -2.11. The van der Waals surface area contributed by atoms with Crippen LogP contribution in [0.25, 0.3) is 16.6 Å². The smallest absolute Gasteiger partial charge is 0.298 e. The molecule has 29 heavy (non-hydrogen) atoms. The summed E-state index contributed by atoms with van der Waals surface area (Å²) in [7, 11) is 1.48. The van der Waals surface area contributed by atoms with Crippen molar-refractivity contribution in [1.29, 1.82) is 0 Å². The third-order valence-corrected chi connectivity index (χ3v) is 4.83. The number of benzene rings is 2. The number of nitrogens with one attached hydrogen (secondary N) is 1. The molecule has 0 saturated heterocycles. The minimum Gasteiger partial charge on any atom is -0.495 e. The average molecular weight is 405 g/mol. The number of halogens is 1. The Kier molecular flexibility index (Phi) is 5.06. The van der Waals surface area contributed by atoms with E-state index in [0.717, 1.165) is 11.1 Å². The van der Waals surface area contributed by atoms with Gasteiger partial charge >= 0.3 is 0 Å². The first kappa shape index (κ1) is 18.8. The summed E-state index contributed by atoms with van der Waals surface area (Å²) in [6.07, 6.45) is 1.77. The van der Waals surface area contributed by atoms with Gasteiger partial charge < -0.3 is 14.5 Å². The fourth-order valence-electron chi connectivity index (χ4n) is 3.26. The summed E-state index contributed by atoms with van der Waals surface area (Å²) in [5, 5.41) is 3.05. The molecular weight excluding hydrogens is 388 g/mol. The monoisotopic (exact) mass is 404 g/mol. The molecule has 2 heterocycles. The predicted molar refractivity (Wildman–Crippen MR) is 114 cm³/mol. The molecular formula is C23H17ClN2O3. The van der Waals surface area contributed by atoms with Gasteiger partial charge in [0.2, 0.25) is 0 Å². The largest absolute Gasteiger partial charge is 0.495 e. The van der Waals surface area contributed by atoms with Crippen molar-refractivity contribution in [3.63, 3.8) is 0 Å². The lowest BCUT2D eigenvalue weighted by atomic mass is 10.0. The molecule has 5 nitrogen and oxygen atoms in total. The first-order valence-corrected chi connectivity index (χ1v) is 9.31. The normalized spacial score (nSPS) is 10.7. The molecule has 4 rings (SSSR count). The zero-order chi connectivity index (χ0) is 20.4. The van der Waals surface area contributed by atoms with Crippen molar-refractivity contribution in [3.05, 3.63) is 89.7 Å². The van der Waals surface area contributed by atoms with Crippen molar-refractivity contribution in [2.24, 2.45) is 0 Å². The summed E-state index contributed by atoms with van der Waals surface area (Å²) in [4.78, 5) is 26.0. The topological polar surface area (TPSA) is 59.8 Å². The number of nitrogens with zero attached hydrogens (tertiary/aromatic N) is 1. The van der Waals surface area contributed by atoms with Crippen LogP contribution in [-0.2, 0) is 4.79 Å². The summed E-state index contributed by atoms with van der Waals surface area (Å²) in [5.74, 6) is -1.01. The Balaban J connectivity index is 1.77. The molecule has 0 unspecified atom stereocenters. The molecule has 144 valence electrons. The number of amides is 1. The summed E-state index contributed by atoms with van der Waals surface area (Å²) >= 11 is 6.02. The van der Waals surface area contributed by atoms with Crippen LogP contribution in [-0.4, -0.2) is 23.2 Å². The van der Waals surface area contributed by atoms with Crippen molar-refractivity contribution < 1.29 is 14.3 Å². The molecule has 0 fully saturated rings. The number of ketones is 1. The van der Waals surface area contributed by atoms with E-state index < -0.39 is 11.7 Å². The van der Waals surface area contributed by atoms with Crippen molar-refractivity contribution >= 4 is 34.5 Å². The van der Waals surface area contributed by atoms with Gasteiger partial charge in [0.15, 0.2) is 0 Å². The van der Waals surface area contributed by atoms with E-state index in [4.69, 9.17) is 16.3 Å². The number of rotatable bonds is 5. The van der Waals surface area contributed by atoms with Gasteiger partial charge in [0.25, 0.3) is 11.7 Å². The molecule has 0 aliphatic heterocycles. The van der Waals surface area contributed by atoms with E-state index in [9.17, 15) is 9.59 Å². The minimum atomic E-state index is -0.772. The second-order valence-corrected chi connectivity index (χ2v) is 6.83. The summed E-state index contributed by atoms with van der Waals surface area (Å²) in [5.41, 5.74) is 3.00. The van der Waals surface area contributed by atoms with Crippen LogP contribution in [0.1, 0.15) is 10.5 Å². The lowest BCUT2D eigenvalue weighted by molar-refractivity contribution is -0.112. The average Bonchev–Trinajstić information content (AvgIpc) is 3.13. The van der Waals surface area contributed by atoms with Crippen molar-refractivity contribution in [2.45, 2.75) is 0 Å². The fraction of sp³-hybridized carbons (Fsp3) is 0.0435. The van der Waals surface area contributed by atoms with Gasteiger partial charge in [-0.05, 0) is 42.0 Å². The van der Waals surface area contributed by atoms with Crippen LogP contribution in [0.2, 0.25) is 5.02 Å². The lowest BCUT2D eigenvalue weighted by Crippen LogP contribution is -2.25. The Labute approximate surface area is 172 Å². The molecule has 4 aromatic rings. The molecule has 0 aliphatic rings. The molecule has 0 atom stereocenters. The molecule has 2 aromatic carbocycles. The Hall–Kier alpha value is -3.57. The van der Waals surface area contributed by atoms with Gasteiger partial charge in [-0.2, -0.15) is 0 Å². The Morgan fingerprint density at radius 1 is 0.966 bits per heavy atom. The second kappa shape index (κ2) is 7.81. The first-order chi connectivity index (χ1) is 14.1. The van der Waals surface area contributed by atoms with Crippen LogP contribution in [0.15, 0.2) is 79.0 Å². The minimum absolute atomic E-state index is 0.297. The molecule has 1 amide bonds. The maximum atomic E-state index is 13.2. The van der Waals surface area contributed by atoms with Gasteiger partial charge in [-0.15, -0.1) is 0 Å². The van der Waals surface area contributed by atoms with Gasteiger partial charge in [-0.1, -0.05) is 48.0 Å². The number of hydrogen-bond donors (Lipinski definition) is 1. The Morgan fingerprint density at radius 2 is 1.72 bits per heavy atom. The predicted octanol–water partition coefficient (Wildman–Crippen LogP) is 5.09. The summed E-state index contributed by atoms with van der Waals surface area (Å²) in [6.45, 7) is 0. The molecule has 0 radical (unpaired) electrons. The zero-order valence-electron chi connectivity index (χ0n) is 15.6. The van der Waals surface area contributed by atoms with Crippen LogP contribution < -0.4 is 10.1 Å². The number of hydrogen-bond acceptors (Lipinski definition) is 3. The summed E-state index contributed by atoms with van der Waals surface area (Å²) < 4.78 is 6.97. The van der Waals surface area contributed by atoms with Gasteiger partial charge in [0.1, 0.15) is 11.4 Å². The van der Waals surface area contributed by atoms with Crippen LogP contribution in [0, 0.1) is 0 Å². The van der Waals surface area contributed by atoms with Crippen LogP contribution in [0.5, 0.6) is 5.75 Å². The highest BCUT2D eigenvalue weighted by Gasteiger charge is 2.25. The highest BCUT2D eigenvalue weighted by Crippen LogP contribution is 2.30. The molecule has 0 bridgehead atoms. The molecule has 0 saturated carbocycles. The Morgan fingerprint density at radius 3 is 2.48 bits per heavy atom. The van der Waals surface area contributed by atoms with Gasteiger partial charge in [0.05, 0.1) is 12.8 Å². The number of carbonyl (C=O) groups is 2. The van der Waals surface area contributed by atoms with E-state index in [1.807, 2.05) is 54.6 Å². The van der Waals surface area contributed by atoms with Gasteiger partial charge in [-0.3, -0.25) is 9.59 Å². The third kappa shape index (κ3) is 3.60. The van der Waals surface area contributed by atoms with Crippen molar-refractivity contribution in [3.8, 4) is 16.9 Å². The first-order valence-electron chi connectivity index (χ1n) is 8.93. The molecule has 2 aromatic heterocycles. The number of fused-ring (bicyclic) bond motifs is 1. The molecule has 6 heteroatoms. The van der Waals surface area contributed by atoms with Crippen molar-refractivity contribution in [1.82, 2.24) is 4.40 Å². The number of methoxy groups -OCH3 is 1. The molecule has 0 spiro atoms. The molecule has 0 aliphatic carbocycles. The number of pyridine rings is 1. The van der Waals surface area contributed by atoms with E-state index in [1.165, 1.54) is 7.11 Å². The quantitative estimate of drug-likeness (QED) is 0.372. The van der Waals surface area contributed by atoms with E-state index >= 15 is 0 Å². The second-order valence-electron chi connectivity index (χ2n) is 6.40. The maximum absolute atomic E-state index is 13.2. The van der Waals surface area contributed by atoms with Crippen LogP contribution >= 0.6 is 11.6 Å². The summed E-state index contributed by atoms with van der Waals surface area (Å²) in [6, 6.07) is 21.8. The van der Waals surface area contributed by atoms with E-state index in [2.05, 4.69) is 5.32 Å². The maximum Gasteiger partial charge on any atom is 0.298 e. The van der Waals surface area contributed by atoms with Gasteiger partial charge in [0, 0.05) is 22.3 Å².